The molecule has 0 radical (unpaired) electrons. The zero-order valence-corrected chi connectivity index (χ0v) is 15.1. The Morgan fingerprint density at radius 2 is 1.89 bits per heavy atom. The van der Waals surface area contributed by atoms with Gasteiger partial charge in [-0.1, -0.05) is 0 Å². The van der Waals surface area contributed by atoms with Gasteiger partial charge in [0.15, 0.2) is 17.2 Å². The highest BCUT2D eigenvalue weighted by atomic mass is 16.6. The minimum absolute atomic E-state index is 0.113. The molecule has 0 aromatic carbocycles. The van der Waals surface area contributed by atoms with E-state index in [0.717, 1.165) is 0 Å². The molecule has 150 valence electrons. The summed E-state index contributed by atoms with van der Waals surface area (Å²) in [6.07, 6.45) is -2.57. The number of nitrogens with two attached hydrogens (primary N) is 1. The van der Waals surface area contributed by atoms with Crippen LogP contribution in [0.1, 0.15) is 26.7 Å². The van der Waals surface area contributed by atoms with E-state index >= 15 is 0 Å². The molecule has 6 atom stereocenters. The summed E-state index contributed by atoms with van der Waals surface area (Å²) in [6.45, 7) is 2.37. The summed E-state index contributed by atoms with van der Waals surface area (Å²) in [5, 5.41) is 51.9. The Hall–Kier alpha value is -1.89. The molecule has 1 aliphatic heterocycles. The summed E-state index contributed by atoms with van der Waals surface area (Å²) in [5.41, 5.74) is 2.49. The van der Waals surface area contributed by atoms with Crippen LogP contribution in [0.25, 0.3) is 11.2 Å². The highest BCUT2D eigenvalue weighted by molar-refractivity contribution is 5.81. The van der Waals surface area contributed by atoms with Gasteiger partial charge < -0.3 is 36.0 Å². The number of ether oxygens (including phenoxy) is 1. The third kappa shape index (κ3) is 2.96. The molecule has 1 aliphatic rings. The van der Waals surface area contributed by atoms with E-state index < -0.39 is 42.3 Å². The van der Waals surface area contributed by atoms with Gasteiger partial charge in [-0.3, -0.25) is 4.57 Å². The SMILES string of the molecule is CC(O)C[C@@]1(O)[C@H](O)[C@@H](CO)O[C@@]1(CC(C)O)n1cnc2c(N)ncnc21. The van der Waals surface area contributed by atoms with Crippen molar-refractivity contribution in [3.05, 3.63) is 12.7 Å². The van der Waals surface area contributed by atoms with E-state index in [-0.39, 0.29) is 29.8 Å². The monoisotopic (exact) mass is 383 g/mol. The summed E-state index contributed by atoms with van der Waals surface area (Å²) in [4.78, 5) is 12.2. The molecule has 0 aliphatic carbocycles. The van der Waals surface area contributed by atoms with Gasteiger partial charge in [-0.05, 0) is 13.8 Å². The minimum Gasteiger partial charge on any atom is -0.394 e. The maximum atomic E-state index is 11.5. The number of hydrogen-bond acceptors (Lipinski definition) is 10. The first-order valence-corrected chi connectivity index (χ1v) is 8.65. The third-order valence-corrected chi connectivity index (χ3v) is 4.97. The molecule has 2 aromatic rings. The molecule has 11 heteroatoms. The summed E-state index contributed by atoms with van der Waals surface area (Å²) >= 11 is 0. The van der Waals surface area contributed by atoms with Crippen LogP contribution in [0.5, 0.6) is 0 Å². The van der Waals surface area contributed by atoms with Crippen LogP contribution >= 0.6 is 0 Å². The Labute approximate surface area is 155 Å². The molecule has 7 N–H and O–H groups in total. The largest absolute Gasteiger partial charge is 0.394 e. The van der Waals surface area contributed by atoms with Crippen LogP contribution in [0.2, 0.25) is 0 Å². The molecule has 0 bridgehead atoms. The van der Waals surface area contributed by atoms with Crippen LogP contribution in [0.15, 0.2) is 12.7 Å². The number of rotatable bonds is 6. The van der Waals surface area contributed by atoms with Crippen LogP contribution in [0, 0.1) is 0 Å². The quantitative estimate of drug-likeness (QED) is 0.329. The zero-order chi connectivity index (χ0) is 20.0. The van der Waals surface area contributed by atoms with E-state index in [9.17, 15) is 25.5 Å². The van der Waals surface area contributed by atoms with Gasteiger partial charge in [0.1, 0.15) is 29.7 Å². The second kappa shape index (κ2) is 6.93. The number of aliphatic hydroxyl groups excluding tert-OH is 4. The Bertz CT molecular complexity index is 814. The number of aromatic nitrogens is 4. The van der Waals surface area contributed by atoms with Gasteiger partial charge in [-0.15, -0.1) is 0 Å². The molecule has 11 nitrogen and oxygen atoms in total. The van der Waals surface area contributed by atoms with Crippen LogP contribution in [0.3, 0.4) is 0 Å². The summed E-state index contributed by atoms with van der Waals surface area (Å²) < 4.78 is 7.30. The average Bonchev–Trinajstić information content (AvgIpc) is 3.09. The summed E-state index contributed by atoms with van der Waals surface area (Å²) in [5.74, 6) is 0.113. The highest BCUT2D eigenvalue weighted by Gasteiger charge is 2.66. The number of nitrogen functional groups attached to an aromatic ring is 1. The van der Waals surface area contributed by atoms with Crippen LogP contribution in [-0.4, -0.2) is 81.7 Å². The predicted octanol–water partition coefficient (Wildman–Crippen LogP) is -1.91. The van der Waals surface area contributed by atoms with E-state index in [2.05, 4.69) is 15.0 Å². The fourth-order valence-electron chi connectivity index (χ4n) is 3.93. The first-order valence-electron chi connectivity index (χ1n) is 8.65. The van der Waals surface area contributed by atoms with Crippen molar-refractivity contribution in [3.63, 3.8) is 0 Å². The highest BCUT2D eigenvalue weighted by Crippen LogP contribution is 2.50. The topological polar surface area (TPSA) is 180 Å². The first kappa shape index (κ1) is 19.9. The van der Waals surface area contributed by atoms with E-state index in [4.69, 9.17) is 10.5 Å². The lowest BCUT2D eigenvalue weighted by atomic mass is 9.78. The maximum absolute atomic E-state index is 11.5. The fraction of sp³-hybridized carbons (Fsp3) is 0.688. The average molecular weight is 383 g/mol. The lowest BCUT2D eigenvalue weighted by molar-refractivity contribution is -0.217. The van der Waals surface area contributed by atoms with E-state index in [1.54, 1.807) is 0 Å². The van der Waals surface area contributed by atoms with Gasteiger partial charge in [0.25, 0.3) is 0 Å². The van der Waals surface area contributed by atoms with Crippen LogP contribution in [-0.2, 0) is 10.5 Å². The minimum atomic E-state index is -2.06. The van der Waals surface area contributed by atoms with Gasteiger partial charge in [0.05, 0.1) is 25.1 Å². The number of nitrogens with zero attached hydrogens (tertiary/aromatic N) is 4. The molecule has 27 heavy (non-hydrogen) atoms. The van der Waals surface area contributed by atoms with Gasteiger partial charge in [-0.25, -0.2) is 15.0 Å². The van der Waals surface area contributed by atoms with Crippen molar-refractivity contribution in [2.45, 2.75) is 62.4 Å². The second-order valence-electron chi connectivity index (χ2n) is 7.14. The molecule has 0 amide bonds. The number of aliphatic hydroxyl groups is 5. The van der Waals surface area contributed by atoms with Crippen molar-refractivity contribution >= 4 is 17.0 Å². The third-order valence-electron chi connectivity index (χ3n) is 4.97. The molecule has 2 aromatic heterocycles. The maximum Gasteiger partial charge on any atom is 0.181 e. The van der Waals surface area contributed by atoms with E-state index in [0.29, 0.717) is 0 Å². The van der Waals surface area contributed by atoms with Crippen molar-refractivity contribution in [2.24, 2.45) is 0 Å². The van der Waals surface area contributed by atoms with Crippen molar-refractivity contribution < 1.29 is 30.3 Å². The molecular formula is C16H25N5O6. The number of imidazole rings is 1. The Morgan fingerprint density at radius 1 is 1.22 bits per heavy atom. The first-order chi connectivity index (χ1) is 12.7. The van der Waals surface area contributed by atoms with Gasteiger partial charge >= 0.3 is 0 Å². The molecule has 2 unspecified atom stereocenters. The zero-order valence-electron chi connectivity index (χ0n) is 15.1. The van der Waals surface area contributed by atoms with E-state index in [1.165, 1.54) is 31.1 Å². The van der Waals surface area contributed by atoms with Gasteiger partial charge in [0, 0.05) is 12.8 Å². The number of fused-ring (bicyclic) bond motifs is 1. The van der Waals surface area contributed by atoms with Crippen molar-refractivity contribution in [1.29, 1.82) is 0 Å². The lowest BCUT2D eigenvalue weighted by Gasteiger charge is -2.44. The number of hydrogen-bond donors (Lipinski definition) is 6. The Kier molecular flexibility index (Phi) is 5.10. The standard InChI is InChI=1S/C16H25N5O6/c1-8(23)3-15(26)12(25)10(5-22)27-16(15,4-9(2)24)21-7-20-11-13(17)18-6-19-14(11)21/h6-10,12,22-26H,3-5H2,1-2H3,(H2,17,18,19)/t8?,9?,10-,12-,15-,16-/m1/s1. The summed E-state index contributed by atoms with van der Waals surface area (Å²) in [7, 11) is 0. The normalized spacial score (nSPS) is 33.4. The van der Waals surface area contributed by atoms with E-state index in [1.807, 2.05) is 0 Å². The van der Waals surface area contributed by atoms with Crippen molar-refractivity contribution in [1.82, 2.24) is 19.5 Å². The lowest BCUT2D eigenvalue weighted by Crippen LogP contribution is -2.59. The molecule has 0 spiro atoms. The Morgan fingerprint density at radius 3 is 2.48 bits per heavy atom. The van der Waals surface area contributed by atoms with Crippen LogP contribution < -0.4 is 5.73 Å². The second-order valence-corrected chi connectivity index (χ2v) is 7.14. The van der Waals surface area contributed by atoms with Crippen LogP contribution in [0.4, 0.5) is 5.82 Å². The van der Waals surface area contributed by atoms with Gasteiger partial charge in [0.2, 0.25) is 0 Å². The summed E-state index contributed by atoms with van der Waals surface area (Å²) in [6, 6.07) is 0. The predicted molar refractivity (Wildman–Crippen MR) is 93.2 cm³/mol. The molecule has 0 saturated carbocycles. The Balaban J connectivity index is 2.28. The fourth-order valence-corrected chi connectivity index (χ4v) is 3.93. The molecule has 1 fully saturated rings. The number of anilines is 1. The molecular weight excluding hydrogens is 358 g/mol. The smallest absolute Gasteiger partial charge is 0.181 e. The van der Waals surface area contributed by atoms with Crippen molar-refractivity contribution in [3.8, 4) is 0 Å². The molecule has 1 saturated heterocycles. The van der Waals surface area contributed by atoms with Crippen molar-refractivity contribution in [2.75, 3.05) is 12.3 Å². The molecule has 3 rings (SSSR count). The molecule has 3 heterocycles. The van der Waals surface area contributed by atoms with Gasteiger partial charge in [-0.2, -0.15) is 0 Å².